The van der Waals surface area contributed by atoms with Crippen molar-refractivity contribution in [1.82, 2.24) is 15.0 Å². The Kier molecular flexibility index (Phi) is 6.86. The largest absolute Gasteiger partial charge is 0.379 e. The van der Waals surface area contributed by atoms with Gasteiger partial charge in [0.1, 0.15) is 22.9 Å². The van der Waals surface area contributed by atoms with E-state index in [9.17, 15) is 13.6 Å². The van der Waals surface area contributed by atoms with E-state index in [0.717, 1.165) is 24.7 Å². The van der Waals surface area contributed by atoms with Crippen molar-refractivity contribution in [3.63, 3.8) is 0 Å². The molecule has 1 amide bonds. The molecule has 8 nitrogen and oxygen atoms in total. The van der Waals surface area contributed by atoms with Crippen molar-refractivity contribution in [1.29, 1.82) is 0 Å². The monoisotopic (exact) mass is 521 g/mol. The summed E-state index contributed by atoms with van der Waals surface area (Å²) < 4.78 is 41.6. The van der Waals surface area contributed by atoms with E-state index in [1.807, 2.05) is 4.90 Å². The van der Waals surface area contributed by atoms with Crippen LogP contribution in [-0.4, -0.2) is 44.9 Å². The molecule has 1 aromatic carbocycles. The van der Waals surface area contributed by atoms with Crippen molar-refractivity contribution in [3.05, 3.63) is 77.6 Å². The number of amides is 1. The summed E-state index contributed by atoms with van der Waals surface area (Å²) in [7, 11) is 0. The quantitative estimate of drug-likeness (QED) is 0.542. The molecule has 2 aliphatic heterocycles. The van der Waals surface area contributed by atoms with E-state index in [2.05, 4.69) is 25.3 Å². The van der Waals surface area contributed by atoms with Crippen LogP contribution in [0.1, 0.15) is 16.1 Å². The Morgan fingerprint density at radius 2 is 1.83 bits per heavy atom. The number of pyridine rings is 1. The third-order valence-corrected chi connectivity index (χ3v) is 6.79. The number of rotatable bonds is 4. The molecule has 0 aliphatic carbocycles. The second-order valence-electron chi connectivity index (χ2n) is 7.97. The maximum Gasteiger partial charge on any atom is 0.274 e. The summed E-state index contributed by atoms with van der Waals surface area (Å²) in [5.74, 6) is -1.44. The highest BCUT2D eigenvalue weighted by atomic mass is 35.5. The summed E-state index contributed by atoms with van der Waals surface area (Å²) in [6, 6.07) is 6.57. The number of anilines is 2. The Bertz CT molecular complexity index is 1280. The maximum absolute atomic E-state index is 15.2. The highest BCUT2D eigenvalue weighted by Crippen LogP contribution is 2.47. The fourth-order valence-electron chi connectivity index (χ4n) is 4.26. The number of hydrogen-bond acceptors (Lipinski definition) is 8. The van der Waals surface area contributed by atoms with Crippen LogP contribution in [0.2, 0.25) is 0 Å². The Morgan fingerprint density at radius 3 is 2.54 bits per heavy atom. The lowest BCUT2D eigenvalue weighted by atomic mass is 9.81. The molecule has 0 saturated carbocycles. The number of nitrogens with two attached hydrogens (primary N) is 1. The van der Waals surface area contributed by atoms with Gasteiger partial charge in [0.05, 0.1) is 25.1 Å². The highest BCUT2D eigenvalue weighted by molar-refractivity contribution is 8.13. The highest BCUT2D eigenvalue weighted by Gasteiger charge is 2.52. The van der Waals surface area contributed by atoms with Crippen LogP contribution in [0, 0.1) is 23.4 Å². The smallest absolute Gasteiger partial charge is 0.274 e. The van der Waals surface area contributed by atoms with Crippen molar-refractivity contribution in [2.45, 2.75) is 5.54 Å². The van der Waals surface area contributed by atoms with Crippen LogP contribution >= 0.6 is 24.2 Å². The second kappa shape index (κ2) is 9.70. The van der Waals surface area contributed by atoms with E-state index in [4.69, 9.17) is 5.73 Å². The number of aliphatic imine (C=N–C) groups is 1. The van der Waals surface area contributed by atoms with Gasteiger partial charge in [0, 0.05) is 29.5 Å². The topological polar surface area (TPSA) is 109 Å². The molecule has 3 aromatic rings. The molecule has 1 unspecified atom stereocenters. The number of benzene rings is 1. The molecule has 35 heavy (non-hydrogen) atoms. The van der Waals surface area contributed by atoms with Gasteiger partial charge in [-0.15, -0.1) is 12.4 Å². The number of nitrogens with zero attached hydrogens (tertiary/aromatic N) is 5. The minimum Gasteiger partial charge on any atom is -0.379 e. The lowest BCUT2D eigenvalue weighted by Gasteiger charge is -2.35. The molecule has 2 aliphatic rings. The van der Waals surface area contributed by atoms with Crippen LogP contribution in [-0.2, 0) is 5.54 Å². The molecule has 3 N–H and O–H groups in total. The first-order chi connectivity index (χ1) is 16.3. The number of carbonyl (C=O) groups excluding carboxylic acids is 1. The number of carbonyl (C=O) groups is 1. The van der Waals surface area contributed by atoms with Crippen molar-refractivity contribution in [2.75, 3.05) is 29.1 Å². The first kappa shape index (κ1) is 24.7. The van der Waals surface area contributed by atoms with Crippen LogP contribution in [0.5, 0.6) is 0 Å². The zero-order valence-electron chi connectivity index (χ0n) is 18.0. The molecule has 0 bridgehead atoms. The number of hydrogen-bond donors (Lipinski definition) is 2. The predicted octanol–water partition coefficient (Wildman–Crippen LogP) is 3.36. The normalized spacial score (nSPS) is 21.1. The van der Waals surface area contributed by atoms with Gasteiger partial charge in [0.2, 0.25) is 5.95 Å². The van der Waals surface area contributed by atoms with Crippen LogP contribution < -0.4 is 16.0 Å². The Balaban J connectivity index is 0.00000289. The number of aromatic nitrogens is 3. The first-order valence-electron chi connectivity index (χ1n) is 10.3. The molecule has 13 heteroatoms. The summed E-state index contributed by atoms with van der Waals surface area (Å²) in [4.78, 5) is 30.9. The van der Waals surface area contributed by atoms with E-state index < -0.39 is 28.9 Å². The summed E-state index contributed by atoms with van der Waals surface area (Å²) in [5, 5.41) is 2.99. The average Bonchev–Trinajstić information content (AvgIpc) is 3.20. The zero-order valence-corrected chi connectivity index (χ0v) is 19.6. The average molecular weight is 522 g/mol. The summed E-state index contributed by atoms with van der Waals surface area (Å²) in [5.41, 5.74) is 5.60. The Morgan fingerprint density at radius 1 is 1.09 bits per heavy atom. The molecule has 2 atom stereocenters. The fourth-order valence-corrected chi connectivity index (χ4v) is 5.24. The van der Waals surface area contributed by atoms with Gasteiger partial charge >= 0.3 is 0 Å². The van der Waals surface area contributed by atoms with Crippen LogP contribution in [0.4, 0.5) is 24.8 Å². The molecular weight excluding hydrogens is 503 g/mol. The molecule has 5 rings (SSSR count). The van der Waals surface area contributed by atoms with E-state index in [1.165, 1.54) is 36.0 Å². The van der Waals surface area contributed by atoms with Crippen LogP contribution in [0.25, 0.3) is 0 Å². The molecule has 0 spiro atoms. The number of thioether (sulfide) groups is 1. The fraction of sp³-hybridized carbons (Fsp3) is 0.227. The minimum absolute atomic E-state index is 0. The molecule has 1 saturated heterocycles. The van der Waals surface area contributed by atoms with Crippen molar-refractivity contribution in [3.8, 4) is 0 Å². The van der Waals surface area contributed by atoms with E-state index in [-0.39, 0.29) is 36.1 Å². The predicted molar refractivity (Wildman–Crippen MR) is 129 cm³/mol. The van der Waals surface area contributed by atoms with Gasteiger partial charge in [-0.05, 0) is 30.3 Å². The van der Waals surface area contributed by atoms with Gasteiger partial charge in [-0.3, -0.25) is 4.79 Å². The summed E-state index contributed by atoms with van der Waals surface area (Å²) in [6.45, 7) is 0.684. The Hall–Kier alpha value is -3.38. The van der Waals surface area contributed by atoms with Gasteiger partial charge < -0.3 is 16.0 Å². The van der Waals surface area contributed by atoms with E-state index in [0.29, 0.717) is 29.1 Å². The molecule has 182 valence electrons. The third kappa shape index (κ3) is 4.76. The molecule has 0 radical (unpaired) electrons. The van der Waals surface area contributed by atoms with E-state index >= 15 is 4.39 Å². The van der Waals surface area contributed by atoms with Gasteiger partial charge in [0.15, 0.2) is 11.0 Å². The van der Waals surface area contributed by atoms with Crippen LogP contribution in [0.15, 0.2) is 53.9 Å². The van der Waals surface area contributed by atoms with Crippen molar-refractivity contribution in [2.24, 2.45) is 16.6 Å². The SMILES string of the molecule is Cl.NC1=NC2(c3cc(NC(=O)c4ccc(F)cn4)ccc3F)CN(c3ncc(F)cn3)C[C@H]2CS1. The minimum atomic E-state index is -1.05. The lowest BCUT2D eigenvalue weighted by molar-refractivity contribution is 0.102. The first-order valence-corrected chi connectivity index (χ1v) is 11.3. The molecule has 1 fully saturated rings. The summed E-state index contributed by atoms with van der Waals surface area (Å²) in [6.07, 6.45) is 3.09. The van der Waals surface area contributed by atoms with E-state index in [1.54, 1.807) is 0 Å². The maximum atomic E-state index is 15.2. The number of nitrogens with one attached hydrogen (secondary N) is 1. The van der Waals surface area contributed by atoms with Crippen molar-refractivity contribution >= 4 is 46.9 Å². The number of amidine groups is 1. The number of fused-ring (bicyclic) bond motifs is 1. The molecule has 4 heterocycles. The van der Waals surface area contributed by atoms with Gasteiger partial charge in [-0.2, -0.15) is 0 Å². The summed E-state index contributed by atoms with van der Waals surface area (Å²) >= 11 is 1.38. The van der Waals surface area contributed by atoms with Crippen LogP contribution in [0.3, 0.4) is 0 Å². The Labute approximate surface area is 208 Å². The standard InChI is InChI=1S/C22H18F3N7OS.ClH/c23-13-1-4-18(27-6-13)19(33)30-15-2-3-17(25)16(5-15)22-11-32(21-28-7-14(24)8-29-21)9-12(22)10-34-20(26)31-22;/h1-8,12H,9-11H2,(H2,26,31)(H,30,33);1H/t12-,22?;/m0./s1. The van der Waals surface area contributed by atoms with Gasteiger partial charge in [-0.1, -0.05) is 11.8 Å². The third-order valence-electron chi connectivity index (χ3n) is 5.83. The lowest BCUT2D eigenvalue weighted by Crippen LogP contribution is -2.40. The molecule has 2 aromatic heterocycles. The molecular formula is C22H19ClF3N7OS. The van der Waals surface area contributed by atoms with Gasteiger partial charge in [-0.25, -0.2) is 33.1 Å². The number of halogens is 4. The zero-order chi connectivity index (χ0) is 23.9. The van der Waals surface area contributed by atoms with Gasteiger partial charge in [0.25, 0.3) is 5.91 Å². The second-order valence-corrected chi connectivity index (χ2v) is 9.01. The van der Waals surface area contributed by atoms with Crippen molar-refractivity contribution < 1.29 is 18.0 Å².